The van der Waals surface area contributed by atoms with Gasteiger partial charge in [-0.15, -0.1) is 0 Å². The standard InChI is InChI=1S/C26H32N6OS/c1-19-9-5-6-16-32(19)24-17-23(31-14-7-8-15-31)28-25(29-24)30-26(34)27-18-21-12-13-22(33-21)20-10-3-2-4-11-20/h2-4,10-13,17,19H,5-9,14-16,18H2,1H3,(H2,27,28,29,30,34)/t19-/m1/s1. The fourth-order valence-electron chi connectivity index (χ4n) is 4.72. The van der Waals surface area contributed by atoms with Crippen molar-refractivity contribution < 1.29 is 4.42 Å². The molecule has 2 aliphatic heterocycles. The van der Waals surface area contributed by atoms with E-state index >= 15 is 0 Å². The Morgan fingerprint density at radius 2 is 1.76 bits per heavy atom. The Labute approximate surface area is 206 Å². The summed E-state index contributed by atoms with van der Waals surface area (Å²) < 4.78 is 5.97. The highest BCUT2D eigenvalue weighted by Gasteiger charge is 2.23. The SMILES string of the molecule is C[C@@H]1CCCCN1c1cc(N2CCCC2)nc(NC(=S)NCc2ccc(-c3ccccc3)o2)n1. The molecule has 2 fully saturated rings. The molecule has 178 valence electrons. The van der Waals surface area contributed by atoms with Crippen LogP contribution in [0.3, 0.4) is 0 Å². The van der Waals surface area contributed by atoms with Crippen LogP contribution in [0.5, 0.6) is 0 Å². The number of piperidine rings is 1. The van der Waals surface area contributed by atoms with Crippen LogP contribution in [0.15, 0.2) is 52.9 Å². The number of furan rings is 1. The minimum absolute atomic E-state index is 0.478. The first-order chi connectivity index (χ1) is 16.7. The van der Waals surface area contributed by atoms with Gasteiger partial charge in [0.15, 0.2) is 5.11 Å². The maximum Gasteiger partial charge on any atom is 0.232 e. The lowest BCUT2D eigenvalue weighted by atomic mass is 10.0. The van der Waals surface area contributed by atoms with Gasteiger partial charge in [0.2, 0.25) is 5.95 Å². The topological polar surface area (TPSA) is 69.5 Å². The molecule has 0 spiro atoms. The number of hydrogen-bond acceptors (Lipinski definition) is 6. The molecule has 2 aliphatic rings. The van der Waals surface area contributed by atoms with E-state index in [1.807, 2.05) is 42.5 Å². The molecule has 1 aromatic carbocycles. The molecule has 7 nitrogen and oxygen atoms in total. The van der Waals surface area contributed by atoms with Gasteiger partial charge >= 0.3 is 0 Å². The molecule has 2 N–H and O–H groups in total. The molecule has 0 saturated carbocycles. The lowest BCUT2D eigenvalue weighted by Gasteiger charge is -2.35. The highest BCUT2D eigenvalue weighted by atomic mass is 32.1. The van der Waals surface area contributed by atoms with Crippen molar-refractivity contribution >= 4 is 34.9 Å². The molecule has 34 heavy (non-hydrogen) atoms. The molecule has 3 aromatic rings. The highest BCUT2D eigenvalue weighted by Crippen LogP contribution is 2.28. The van der Waals surface area contributed by atoms with Crippen molar-refractivity contribution in [3.63, 3.8) is 0 Å². The van der Waals surface area contributed by atoms with E-state index in [2.05, 4.69) is 33.4 Å². The summed E-state index contributed by atoms with van der Waals surface area (Å²) in [6.45, 7) is 5.87. The van der Waals surface area contributed by atoms with E-state index in [-0.39, 0.29) is 0 Å². The van der Waals surface area contributed by atoms with E-state index in [1.165, 1.54) is 32.1 Å². The lowest BCUT2D eigenvalue weighted by molar-refractivity contribution is 0.481. The van der Waals surface area contributed by atoms with Crippen molar-refractivity contribution in [2.45, 2.75) is 51.6 Å². The first-order valence-electron chi connectivity index (χ1n) is 12.3. The van der Waals surface area contributed by atoms with Gasteiger partial charge in [0.1, 0.15) is 23.2 Å². The first kappa shape index (κ1) is 22.7. The van der Waals surface area contributed by atoms with Gasteiger partial charge in [-0.3, -0.25) is 0 Å². The summed E-state index contributed by atoms with van der Waals surface area (Å²) >= 11 is 5.57. The van der Waals surface area contributed by atoms with Crippen LogP contribution in [-0.2, 0) is 6.54 Å². The largest absolute Gasteiger partial charge is 0.459 e. The first-order valence-corrected chi connectivity index (χ1v) is 12.7. The average molecular weight is 477 g/mol. The van der Waals surface area contributed by atoms with Gasteiger partial charge in [0.25, 0.3) is 0 Å². The normalized spacial score (nSPS) is 18.2. The van der Waals surface area contributed by atoms with Crippen molar-refractivity contribution in [1.82, 2.24) is 15.3 Å². The van der Waals surface area contributed by atoms with Gasteiger partial charge in [-0.05, 0) is 63.4 Å². The zero-order valence-electron chi connectivity index (χ0n) is 19.7. The quantitative estimate of drug-likeness (QED) is 0.471. The molecule has 0 bridgehead atoms. The molecule has 2 saturated heterocycles. The Hall–Kier alpha value is -3.13. The number of nitrogens with zero attached hydrogens (tertiary/aromatic N) is 4. The number of aromatic nitrogens is 2. The molecule has 4 heterocycles. The molecule has 5 rings (SSSR count). The van der Waals surface area contributed by atoms with Crippen LogP contribution in [0.2, 0.25) is 0 Å². The maximum atomic E-state index is 5.97. The van der Waals surface area contributed by atoms with Gasteiger partial charge in [0.05, 0.1) is 6.54 Å². The van der Waals surface area contributed by atoms with Gasteiger partial charge in [-0.25, -0.2) is 0 Å². The fraction of sp³-hybridized carbons (Fsp3) is 0.423. The maximum absolute atomic E-state index is 5.97. The van der Waals surface area contributed by atoms with Gasteiger partial charge in [-0.2, -0.15) is 9.97 Å². The molecular weight excluding hydrogens is 444 g/mol. The van der Waals surface area contributed by atoms with Crippen molar-refractivity contribution in [2.75, 3.05) is 34.8 Å². The molecule has 0 radical (unpaired) electrons. The predicted octanol–water partition coefficient (Wildman–Crippen LogP) is 5.20. The molecule has 2 aromatic heterocycles. The molecule has 8 heteroatoms. The number of benzene rings is 1. The van der Waals surface area contributed by atoms with E-state index in [0.717, 1.165) is 48.4 Å². The Morgan fingerprint density at radius 1 is 1.00 bits per heavy atom. The summed E-state index contributed by atoms with van der Waals surface area (Å²) in [5, 5.41) is 6.92. The van der Waals surface area contributed by atoms with E-state index in [0.29, 0.717) is 23.6 Å². The smallest absolute Gasteiger partial charge is 0.232 e. The van der Waals surface area contributed by atoms with Crippen LogP contribution in [0, 0.1) is 0 Å². The van der Waals surface area contributed by atoms with Gasteiger partial charge in [0, 0.05) is 37.3 Å². The third-order valence-electron chi connectivity index (χ3n) is 6.59. The monoisotopic (exact) mass is 476 g/mol. The van der Waals surface area contributed by atoms with Crippen LogP contribution in [-0.4, -0.2) is 40.8 Å². The molecule has 1 atom stereocenters. The number of rotatable bonds is 6. The van der Waals surface area contributed by atoms with Gasteiger partial charge < -0.3 is 24.9 Å². The second kappa shape index (κ2) is 10.4. The Morgan fingerprint density at radius 3 is 2.56 bits per heavy atom. The van der Waals surface area contributed by atoms with E-state index in [9.17, 15) is 0 Å². The highest BCUT2D eigenvalue weighted by molar-refractivity contribution is 7.80. The Kier molecular flexibility index (Phi) is 6.94. The molecule has 0 aliphatic carbocycles. The predicted molar refractivity (Wildman–Crippen MR) is 141 cm³/mol. The van der Waals surface area contributed by atoms with Crippen LogP contribution in [0.1, 0.15) is 44.8 Å². The minimum atomic E-state index is 0.478. The summed E-state index contributed by atoms with van der Waals surface area (Å²) in [4.78, 5) is 14.4. The van der Waals surface area contributed by atoms with Crippen LogP contribution in [0.25, 0.3) is 11.3 Å². The molecule has 0 amide bonds. The summed E-state index contributed by atoms with van der Waals surface area (Å²) in [6, 6.07) is 16.6. The van der Waals surface area contributed by atoms with Crippen molar-refractivity contribution in [1.29, 1.82) is 0 Å². The second-order valence-electron chi connectivity index (χ2n) is 9.08. The van der Waals surface area contributed by atoms with E-state index in [4.69, 9.17) is 26.6 Å². The zero-order chi connectivity index (χ0) is 23.3. The van der Waals surface area contributed by atoms with E-state index in [1.54, 1.807) is 0 Å². The molecule has 0 unspecified atom stereocenters. The van der Waals surface area contributed by atoms with Crippen molar-refractivity contribution in [3.05, 3.63) is 54.3 Å². The number of hydrogen-bond donors (Lipinski definition) is 2. The zero-order valence-corrected chi connectivity index (χ0v) is 20.5. The Bertz CT molecular complexity index is 1110. The number of nitrogens with one attached hydrogen (secondary N) is 2. The van der Waals surface area contributed by atoms with Crippen LogP contribution >= 0.6 is 12.2 Å². The van der Waals surface area contributed by atoms with Crippen molar-refractivity contribution in [3.8, 4) is 11.3 Å². The second-order valence-corrected chi connectivity index (χ2v) is 9.49. The van der Waals surface area contributed by atoms with Crippen LogP contribution in [0.4, 0.5) is 17.6 Å². The van der Waals surface area contributed by atoms with Crippen molar-refractivity contribution in [2.24, 2.45) is 0 Å². The van der Waals surface area contributed by atoms with E-state index < -0.39 is 0 Å². The number of thiocarbonyl (C=S) groups is 1. The summed E-state index contributed by atoms with van der Waals surface area (Å²) in [5.41, 5.74) is 1.06. The third kappa shape index (κ3) is 5.33. The Balaban J connectivity index is 1.27. The summed E-state index contributed by atoms with van der Waals surface area (Å²) in [6.07, 6.45) is 6.08. The fourth-order valence-corrected chi connectivity index (χ4v) is 4.88. The summed E-state index contributed by atoms with van der Waals surface area (Å²) in [5.74, 6) is 4.16. The average Bonchev–Trinajstić information content (AvgIpc) is 3.56. The third-order valence-corrected chi connectivity index (χ3v) is 6.84. The van der Waals surface area contributed by atoms with Gasteiger partial charge in [-0.1, -0.05) is 30.3 Å². The lowest BCUT2D eigenvalue weighted by Crippen LogP contribution is -2.38. The number of anilines is 3. The molecular formula is C26H32N6OS. The van der Waals surface area contributed by atoms with Crippen LogP contribution < -0.4 is 20.4 Å². The minimum Gasteiger partial charge on any atom is -0.459 e. The summed E-state index contributed by atoms with van der Waals surface area (Å²) in [7, 11) is 0.